The molecule has 1 saturated carbocycles. The fourth-order valence-corrected chi connectivity index (χ4v) is 3.31. The molecule has 1 aromatic carbocycles. The number of amides is 1. The van der Waals surface area contributed by atoms with E-state index in [1.165, 1.54) is 0 Å². The minimum atomic E-state index is -0.751. The van der Waals surface area contributed by atoms with E-state index in [9.17, 15) is 9.59 Å². The number of carboxylic acid groups (broad SMARTS) is 1. The van der Waals surface area contributed by atoms with Crippen molar-refractivity contribution in [3.8, 4) is 0 Å². The van der Waals surface area contributed by atoms with E-state index < -0.39 is 5.97 Å². The van der Waals surface area contributed by atoms with Crippen molar-refractivity contribution in [1.29, 1.82) is 0 Å². The number of rotatable bonds is 5. The van der Waals surface area contributed by atoms with Gasteiger partial charge in [-0.05, 0) is 31.7 Å². The third-order valence-electron chi connectivity index (χ3n) is 4.60. The molecule has 0 atom stereocenters. The van der Waals surface area contributed by atoms with Crippen molar-refractivity contribution in [2.75, 3.05) is 7.11 Å². The zero-order valence-corrected chi connectivity index (χ0v) is 13.6. The number of para-hydroxylation sites is 1. The Morgan fingerprint density at radius 3 is 2.62 bits per heavy atom. The average molecular weight is 331 g/mol. The highest BCUT2D eigenvalue weighted by molar-refractivity contribution is 5.99. The molecule has 0 saturated heterocycles. The van der Waals surface area contributed by atoms with Gasteiger partial charge in [0.05, 0.1) is 12.5 Å². The quantitative estimate of drug-likeness (QED) is 0.879. The number of furan rings is 1. The van der Waals surface area contributed by atoms with Crippen LogP contribution in [-0.4, -0.2) is 30.1 Å². The molecule has 6 nitrogen and oxygen atoms in total. The lowest BCUT2D eigenvalue weighted by atomic mass is 9.86. The van der Waals surface area contributed by atoms with E-state index in [-0.39, 0.29) is 23.6 Å². The molecule has 128 valence electrons. The lowest BCUT2D eigenvalue weighted by molar-refractivity contribution is -0.142. The van der Waals surface area contributed by atoms with Gasteiger partial charge in [0.15, 0.2) is 5.76 Å². The Kier molecular flexibility index (Phi) is 4.85. The second kappa shape index (κ2) is 7.05. The minimum Gasteiger partial charge on any atom is -0.481 e. The molecule has 1 amide bonds. The molecule has 1 aromatic heterocycles. The van der Waals surface area contributed by atoms with E-state index in [4.69, 9.17) is 14.3 Å². The zero-order valence-electron chi connectivity index (χ0n) is 13.6. The number of ether oxygens (including phenoxy) is 1. The van der Waals surface area contributed by atoms with Gasteiger partial charge in [-0.2, -0.15) is 0 Å². The Morgan fingerprint density at radius 1 is 1.25 bits per heavy atom. The van der Waals surface area contributed by atoms with Crippen LogP contribution < -0.4 is 5.32 Å². The van der Waals surface area contributed by atoms with Crippen LogP contribution in [0.1, 0.15) is 41.8 Å². The number of carbonyl (C=O) groups is 2. The molecule has 0 unspecified atom stereocenters. The van der Waals surface area contributed by atoms with E-state index in [1.54, 1.807) is 7.11 Å². The van der Waals surface area contributed by atoms with Crippen LogP contribution in [0.15, 0.2) is 28.7 Å². The molecule has 24 heavy (non-hydrogen) atoms. The number of benzene rings is 1. The van der Waals surface area contributed by atoms with E-state index in [0.29, 0.717) is 37.9 Å². The fourth-order valence-electron chi connectivity index (χ4n) is 3.31. The van der Waals surface area contributed by atoms with E-state index in [2.05, 4.69) is 5.32 Å². The van der Waals surface area contributed by atoms with Gasteiger partial charge in [0, 0.05) is 24.1 Å². The molecule has 1 aliphatic carbocycles. The highest BCUT2D eigenvalue weighted by Crippen LogP contribution is 2.28. The van der Waals surface area contributed by atoms with Crippen molar-refractivity contribution in [2.24, 2.45) is 5.92 Å². The van der Waals surface area contributed by atoms with Crippen molar-refractivity contribution < 1.29 is 23.8 Å². The number of aliphatic carboxylic acids is 1. The maximum absolute atomic E-state index is 12.6. The normalized spacial score (nSPS) is 20.9. The molecule has 0 radical (unpaired) electrons. The largest absolute Gasteiger partial charge is 0.481 e. The minimum absolute atomic E-state index is 0.0169. The lowest BCUT2D eigenvalue weighted by Gasteiger charge is -2.26. The first-order valence-corrected chi connectivity index (χ1v) is 8.13. The van der Waals surface area contributed by atoms with E-state index in [1.807, 2.05) is 24.3 Å². The third-order valence-corrected chi connectivity index (χ3v) is 4.60. The highest BCUT2D eigenvalue weighted by atomic mass is 16.5. The predicted molar refractivity (Wildman–Crippen MR) is 87.8 cm³/mol. The SMILES string of the molecule is COCc1c(C(=O)NC2CCC(C(=O)O)CC2)oc2ccccc12. The summed E-state index contributed by atoms with van der Waals surface area (Å²) in [5, 5.41) is 12.9. The molecule has 2 N–H and O–H groups in total. The molecule has 0 aliphatic heterocycles. The van der Waals surface area contributed by atoms with Crippen molar-refractivity contribution in [2.45, 2.75) is 38.3 Å². The molecule has 0 bridgehead atoms. The van der Waals surface area contributed by atoms with Gasteiger partial charge in [-0.1, -0.05) is 18.2 Å². The van der Waals surface area contributed by atoms with Crippen molar-refractivity contribution in [1.82, 2.24) is 5.32 Å². The number of methoxy groups -OCH3 is 1. The first kappa shape index (κ1) is 16.5. The summed E-state index contributed by atoms with van der Waals surface area (Å²) in [7, 11) is 1.58. The van der Waals surface area contributed by atoms with Gasteiger partial charge in [-0.25, -0.2) is 0 Å². The molecule has 0 spiro atoms. The fraction of sp³-hybridized carbons (Fsp3) is 0.444. The van der Waals surface area contributed by atoms with Gasteiger partial charge in [-0.3, -0.25) is 9.59 Å². The number of carboxylic acids is 1. The summed E-state index contributed by atoms with van der Waals surface area (Å²) in [6.45, 7) is 0.297. The maximum Gasteiger partial charge on any atom is 0.306 e. The Hall–Kier alpha value is -2.34. The van der Waals surface area contributed by atoms with Crippen molar-refractivity contribution >= 4 is 22.8 Å². The average Bonchev–Trinajstić information content (AvgIpc) is 2.95. The number of hydrogen-bond donors (Lipinski definition) is 2. The Bertz CT molecular complexity index is 743. The van der Waals surface area contributed by atoms with Crippen LogP contribution in [0.2, 0.25) is 0 Å². The smallest absolute Gasteiger partial charge is 0.306 e. The van der Waals surface area contributed by atoms with Gasteiger partial charge in [0.2, 0.25) is 0 Å². The number of nitrogens with one attached hydrogen (secondary N) is 1. The first-order valence-electron chi connectivity index (χ1n) is 8.13. The summed E-state index contributed by atoms with van der Waals surface area (Å²) in [6.07, 6.45) is 2.52. The van der Waals surface area contributed by atoms with Crippen LogP contribution >= 0.6 is 0 Å². The van der Waals surface area contributed by atoms with Crippen molar-refractivity contribution in [3.05, 3.63) is 35.6 Å². The van der Waals surface area contributed by atoms with Crippen molar-refractivity contribution in [3.63, 3.8) is 0 Å². The van der Waals surface area contributed by atoms with Gasteiger partial charge < -0.3 is 19.6 Å². The lowest BCUT2D eigenvalue weighted by Crippen LogP contribution is -2.38. The Labute approximate surface area is 139 Å². The van der Waals surface area contributed by atoms with Crippen LogP contribution in [0.4, 0.5) is 0 Å². The second-order valence-electron chi connectivity index (χ2n) is 6.20. The maximum atomic E-state index is 12.6. The molecule has 1 aliphatic rings. The van der Waals surface area contributed by atoms with Gasteiger partial charge >= 0.3 is 5.97 Å². The third kappa shape index (κ3) is 3.28. The van der Waals surface area contributed by atoms with Crippen LogP contribution in [0.5, 0.6) is 0 Å². The highest BCUT2D eigenvalue weighted by Gasteiger charge is 2.28. The van der Waals surface area contributed by atoms with E-state index in [0.717, 1.165) is 10.9 Å². The second-order valence-corrected chi connectivity index (χ2v) is 6.20. The van der Waals surface area contributed by atoms with Gasteiger partial charge in [0.1, 0.15) is 5.58 Å². The summed E-state index contributed by atoms with van der Waals surface area (Å²) in [5.41, 5.74) is 1.40. The summed E-state index contributed by atoms with van der Waals surface area (Å²) >= 11 is 0. The van der Waals surface area contributed by atoms with E-state index >= 15 is 0 Å². The van der Waals surface area contributed by atoms with Gasteiger partial charge in [-0.15, -0.1) is 0 Å². The molecule has 1 fully saturated rings. The molecule has 2 aromatic rings. The molecular formula is C18H21NO5. The molecule has 1 heterocycles. The summed E-state index contributed by atoms with van der Waals surface area (Å²) < 4.78 is 10.9. The number of fused-ring (bicyclic) bond motifs is 1. The van der Waals surface area contributed by atoms with Crippen LogP contribution in [0.3, 0.4) is 0 Å². The topological polar surface area (TPSA) is 88.8 Å². The predicted octanol–water partition coefficient (Wildman–Crippen LogP) is 2.95. The Balaban J connectivity index is 1.74. The standard InChI is InChI=1S/C18H21NO5/c1-23-10-14-13-4-2-3-5-15(13)24-16(14)17(20)19-12-8-6-11(7-9-12)18(21)22/h2-5,11-12H,6-10H2,1H3,(H,19,20)(H,21,22). The molecular weight excluding hydrogens is 310 g/mol. The van der Waals surface area contributed by atoms with Crippen LogP contribution in [0.25, 0.3) is 11.0 Å². The number of carbonyl (C=O) groups excluding carboxylic acids is 1. The number of hydrogen-bond acceptors (Lipinski definition) is 4. The summed E-state index contributed by atoms with van der Waals surface area (Å²) in [5.74, 6) is -1.04. The first-order chi connectivity index (χ1) is 11.6. The molecule has 6 heteroatoms. The van der Waals surface area contributed by atoms with Crippen LogP contribution in [0, 0.1) is 5.92 Å². The van der Waals surface area contributed by atoms with Crippen LogP contribution in [-0.2, 0) is 16.1 Å². The summed E-state index contributed by atoms with van der Waals surface area (Å²) in [4.78, 5) is 23.6. The Morgan fingerprint density at radius 2 is 1.96 bits per heavy atom. The van der Waals surface area contributed by atoms with Gasteiger partial charge in [0.25, 0.3) is 5.91 Å². The molecule has 3 rings (SSSR count). The monoisotopic (exact) mass is 331 g/mol. The summed E-state index contributed by atoms with van der Waals surface area (Å²) in [6, 6.07) is 7.46. The zero-order chi connectivity index (χ0) is 17.1.